The molecule has 0 saturated heterocycles. The molecule has 0 spiro atoms. The summed E-state index contributed by atoms with van der Waals surface area (Å²) in [6, 6.07) is 4.81. The number of anilines is 1. The number of aryl methyl sites for hydroxylation is 1. The molecule has 2 aliphatic rings. The van der Waals surface area contributed by atoms with Gasteiger partial charge in [0, 0.05) is 23.9 Å². The molecule has 198 valence electrons. The van der Waals surface area contributed by atoms with Gasteiger partial charge in [0.1, 0.15) is 29.3 Å². The van der Waals surface area contributed by atoms with E-state index in [1.165, 1.54) is 17.3 Å². The zero-order valence-corrected chi connectivity index (χ0v) is 22.2. The number of benzene rings is 1. The molecule has 4 aromatic rings. The quantitative estimate of drug-likeness (QED) is 0.359. The molecule has 11 heteroatoms. The first-order valence-electron chi connectivity index (χ1n) is 12.5. The van der Waals surface area contributed by atoms with E-state index in [-0.39, 0.29) is 19.1 Å². The fraction of sp³-hybridized carbons (Fsp3) is 0.407. The molecule has 6 rings (SSSR count). The lowest BCUT2D eigenvalue weighted by Crippen LogP contribution is -2.38. The van der Waals surface area contributed by atoms with Crippen LogP contribution in [0, 0.1) is 19.7 Å². The molecule has 0 unspecified atom stereocenters. The van der Waals surface area contributed by atoms with Crippen LogP contribution in [0.4, 0.5) is 15.0 Å². The number of hydrogen-bond donors (Lipinski definition) is 0. The molecule has 1 amide bonds. The van der Waals surface area contributed by atoms with Crippen molar-refractivity contribution in [1.82, 2.24) is 24.1 Å². The van der Waals surface area contributed by atoms with Crippen molar-refractivity contribution < 1.29 is 23.4 Å². The maximum atomic E-state index is 15.4. The first kappa shape index (κ1) is 24.2. The van der Waals surface area contributed by atoms with Gasteiger partial charge in [0.05, 0.1) is 36.9 Å². The van der Waals surface area contributed by atoms with Gasteiger partial charge in [-0.3, -0.25) is 9.30 Å². The summed E-state index contributed by atoms with van der Waals surface area (Å²) < 4.78 is 37.1. The lowest BCUT2D eigenvalue weighted by molar-refractivity contribution is 0.0574. The van der Waals surface area contributed by atoms with Crippen molar-refractivity contribution in [3.8, 4) is 22.9 Å². The number of imidazole rings is 1. The summed E-state index contributed by atoms with van der Waals surface area (Å²) >= 11 is 0. The Morgan fingerprint density at radius 3 is 2.58 bits per heavy atom. The molecule has 0 aliphatic carbocycles. The van der Waals surface area contributed by atoms with Gasteiger partial charge in [0.15, 0.2) is 17.2 Å². The summed E-state index contributed by atoms with van der Waals surface area (Å²) in [4.78, 5) is 19.8. The summed E-state index contributed by atoms with van der Waals surface area (Å²) in [6.07, 6.45) is 0.863. The van der Waals surface area contributed by atoms with Crippen LogP contribution < -0.4 is 14.4 Å². The Labute approximate surface area is 219 Å². The van der Waals surface area contributed by atoms with Crippen molar-refractivity contribution in [2.45, 2.75) is 52.7 Å². The lowest BCUT2D eigenvalue weighted by atomic mass is 9.95. The molecule has 0 saturated carbocycles. The fourth-order valence-electron chi connectivity index (χ4n) is 5.09. The van der Waals surface area contributed by atoms with Gasteiger partial charge in [0.25, 0.3) is 0 Å². The highest BCUT2D eigenvalue weighted by atomic mass is 19.1. The summed E-state index contributed by atoms with van der Waals surface area (Å²) in [7, 11) is 1.93. The average Bonchev–Trinajstić information content (AvgIpc) is 3.56. The number of hydrogen-bond acceptors (Lipinski definition) is 7. The van der Waals surface area contributed by atoms with Crippen molar-refractivity contribution in [2.24, 2.45) is 7.05 Å². The number of fused-ring (bicyclic) bond motifs is 3. The third kappa shape index (κ3) is 3.75. The van der Waals surface area contributed by atoms with Gasteiger partial charge in [-0.15, -0.1) is 10.2 Å². The summed E-state index contributed by atoms with van der Waals surface area (Å²) in [5, 5.41) is 8.51. The van der Waals surface area contributed by atoms with Crippen LogP contribution in [0.2, 0.25) is 0 Å². The van der Waals surface area contributed by atoms with Gasteiger partial charge in [-0.1, -0.05) is 0 Å². The van der Waals surface area contributed by atoms with Crippen molar-refractivity contribution in [3.63, 3.8) is 0 Å². The number of nitrogens with zero attached hydrogens (tertiary/aromatic N) is 6. The molecular weight excluding hydrogens is 491 g/mol. The fourth-order valence-corrected chi connectivity index (χ4v) is 5.09. The smallest absolute Gasteiger partial charge is 0.416 e. The molecule has 0 fully saturated rings. The Hall–Kier alpha value is -4.15. The molecule has 0 bridgehead atoms. The van der Waals surface area contributed by atoms with E-state index in [0.717, 1.165) is 11.4 Å². The maximum Gasteiger partial charge on any atom is 0.416 e. The van der Waals surface area contributed by atoms with Crippen molar-refractivity contribution in [2.75, 3.05) is 18.1 Å². The molecule has 5 heterocycles. The Morgan fingerprint density at radius 1 is 1.16 bits per heavy atom. The molecule has 2 aliphatic heterocycles. The van der Waals surface area contributed by atoms with E-state index in [0.29, 0.717) is 52.1 Å². The third-order valence-electron chi connectivity index (χ3n) is 7.11. The Kier molecular flexibility index (Phi) is 5.37. The average molecular weight is 521 g/mol. The standard InChI is InChI=1S/C27H29FN6O4/c1-14-15(2)32(6)23(30-14)17-9-21-25(34-13-29-31-24(17)34)33(26(35)38-27(3,4)5)10-18-19(28)7-8-20-22(18)16(11-36-20)12-37-21/h7-9,13,16H,10-12H2,1-6H3/t16-/m1/s1. The van der Waals surface area contributed by atoms with E-state index < -0.39 is 17.5 Å². The van der Waals surface area contributed by atoms with Crippen LogP contribution in [-0.2, 0) is 18.3 Å². The SMILES string of the molecule is Cc1nc(-c2cc3c(n4cnnc24)N(C(=O)OC(C)(C)C)Cc2c(F)ccc4c2[C@H](CO4)CO3)n(C)c1C. The minimum atomic E-state index is -0.784. The second-order valence-electron chi connectivity index (χ2n) is 10.8. The number of carbonyl (C=O) groups excluding carboxylic acids is 1. The molecule has 1 atom stereocenters. The van der Waals surface area contributed by atoms with Crippen LogP contribution in [0.1, 0.15) is 49.2 Å². The van der Waals surface area contributed by atoms with E-state index in [1.54, 1.807) is 31.2 Å². The van der Waals surface area contributed by atoms with Gasteiger partial charge in [-0.05, 0) is 52.8 Å². The summed E-state index contributed by atoms with van der Waals surface area (Å²) in [5.41, 5.74) is 3.37. The van der Waals surface area contributed by atoms with Crippen LogP contribution in [-0.4, -0.2) is 49.1 Å². The normalized spacial score (nSPS) is 16.7. The molecular formula is C27H29FN6O4. The number of pyridine rings is 1. The number of amides is 1. The van der Waals surface area contributed by atoms with Crippen LogP contribution in [0.3, 0.4) is 0 Å². The topological polar surface area (TPSA) is 96.0 Å². The highest BCUT2D eigenvalue weighted by molar-refractivity contribution is 5.91. The van der Waals surface area contributed by atoms with E-state index in [9.17, 15) is 4.79 Å². The van der Waals surface area contributed by atoms with E-state index in [4.69, 9.17) is 19.2 Å². The highest BCUT2D eigenvalue weighted by Gasteiger charge is 2.37. The van der Waals surface area contributed by atoms with Gasteiger partial charge < -0.3 is 18.8 Å². The summed E-state index contributed by atoms with van der Waals surface area (Å²) in [6.45, 7) is 9.78. The highest BCUT2D eigenvalue weighted by Crippen LogP contribution is 2.44. The van der Waals surface area contributed by atoms with E-state index in [2.05, 4.69) is 10.2 Å². The van der Waals surface area contributed by atoms with Crippen LogP contribution in [0.5, 0.6) is 11.5 Å². The molecule has 3 aromatic heterocycles. The van der Waals surface area contributed by atoms with Crippen molar-refractivity contribution >= 4 is 17.6 Å². The molecule has 1 aromatic carbocycles. The largest absolute Gasteiger partial charge is 0.493 e. The van der Waals surface area contributed by atoms with Gasteiger partial charge in [0.2, 0.25) is 0 Å². The zero-order chi connectivity index (χ0) is 26.9. The maximum absolute atomic E-state index is 15.4. The van der Waals surface area contributed by atoms with Gasteiger partial charge in [-0.25, -0.2) is 14.2 Å². The molecule has 10 nitrogen and oxygen atoms in total. The molecule has 0 radical (unpaired) electrons. The van der Waals surface area contributed by atoms with Gasteiger partial charge in [-0.2, -0.15) is 0 Å². The number of rotatable bonds is 1. The van der Waals surface area contributed by atoms with Crippen LogP contribution in [0.25, 0.3) is 17.0 Å². The van der Waals surface area contributed by atoms with E-state index >= 15 is 4.39 Å². The Bertz CT molecular complexity index is 1600. The summed E-state index contributed by atoms with van der Waals surface area (Å²) in [5.74, 6) is 1.40. The van der Waals surface area contributed by atoms with Crippen molar-refractivity contribution in [1.29, 1.82) is 0 Å². The minimum Gasteiger partial charge on any atom is -0.493 e. The molecule has 0 N–H and O–H groups in total. The van der Waals surface area contributed by atoms with Crippen LogP contribution in [0.15, 0.2) is 24.5 Å². The number of carbonyl (C=O) groups is 1. The van der Waals surface area contributed by atoms with Gasteiger partial charge >= 0.3 is 6.09 Å². The predicted molar refractivity (Wildman–Crippen MR) is 137 cm³/mol. The monoisotopic (exact) mass is 520 g/mol. The van der Waals surface area contributed by atoms with Crippen LogP contribution >= 0.6 is 0 Å². The third-order valence-corrected chi connectivity index (χ3v) is 7.11. The first-order valence-corrected chi connectivity index (χ1v) is 12.5. The lowest BCUT2D eigenvalue weighted by Gasteiger charge is -2.29. The number of halogens is 1. The molecule has 38 heavy (non-hydrogen) atoms. The van der Waals surface area contributed by atoms with Crippen molar-refractivity contribution in [3.05, 3.63) is 52.9 Å². The first-order chi connectivity index (χ1) is 18.0. The second kappa shape index (κ2) is 8.44. The predicted octanol–water partition coefficient (Wildman–Crippen LogP) is 4.70. The second-order valence-corrected chi connectivity index (χ2v) is 10.8. The minimum absolute atomic E-state index is 0.0899. The number of ether oxygens (including phenoxy) is 3. The zero-order valence-electron chi connectivity index (χ0n) is 22.2. The van der Waals surface area contributed by atoms with E-state index in [1.807, 2.05) is 31.5 Å². The Balaban J connectivity index is 1.61. The number of aromatic nitrogens is 5. The Morgan fingerprint density at radius 2 is 1.89 bits per heavy atom.